The van der Waals surface area contributed by atoms with Gasteiger partial charge >= 0.3 is 0 Å². The molecule has 2 nitrogen and oxygen atoms in total. The first kappa shape index (κ1) is 15.9. The van der Waals surface area contributed by atoms with Gasteiger partial charge in [-0.05, 0) is 71.7 Å². The second-order valence-electron chi connectivity index (χ2n) is 4.92. The molecule has 21 heavy (non-hydrogen) atoms. The smallest absolute Gasteiger partial charge is 0.252 e. The van der Waals surface area contributed by atoms with Crippen molar-refractivity contribution in [2.24, 2.45) is 0 Å². The molecule has 0 unspecified atom stereocenters. The number of aryl methyl sites for hydroxylation is 2. The molecule has 0 saturated carbocycles. The Morgan fingerprint density at radius 3 is 2.71 bits per heavy atom. The molecule has 0 spiro atoms. The molecule has 0 heterocycles. The number of carbonyl (C=O) groups is 1. The summed E-state index contributed by atoms with van der Waals surface area (Å²) in [5.41, 5.74) is 2.67. The standard InChI is InChI=1S/C17H17FINO/c1-12-5-2-9-15(19)16(12)17(21)20-10-4-7-13-6-3-8-14(18)11-13/h2-3,5-6,8-9,11H,4,7,10H2,1H3,(H,20,21). The zero-order chi connectivity index (χ0) is 15.2. The molecule has 0 aliphatic carbocycles. The largest absolute Gasteiger partial charge is 0.352 e. The van der Waals surface area contributed by atoms with E-state index in [0.717, 1.165) is 33.1 Å². The molecule has 0 aliphatic heterocycles. The molecule has 0 fully saturated rings. The van der Waals surface area contributed by atoms with Crippen LogP contribution < -0.4 is 5.32 Å². The van der Waals surface area contributed by atoms with Crippen LogP contribution in [0.4, 0.5) is 4.39 Å². The SMILES string of the molecule is Cc1cccc(I)c1C(=O)NCCCc1cccc(F)c1. The van der Waals surface area contributed by atoms with Crippen molar-refractivity contribution in [3.8, 4) is 0 Å². The molecule has 0 bridgehead atoms. The lowest BCUT2D eigenvalue weighted by molar-refractivity contribution is 0.0951. The molecule has 1 amide bonds. The molecule has 0 aliphatic rings. The average molecular weight is 397 g/mol. The van der Waals surface area contributed by atoms with Gasteiger partial charge < -0.3 is 5.32 Å². The van der Waals surface area contributed by atoms with Crippen molar-refractivity contribution in [2.75, 3.05) is 6.54 Å². The van der Waals surface area contributed by atoms with Crippen molar-refractivity contribution in [2.45, 2.75) is 19.8 Å². The van der Waals surface area contributed by atoms with Crippen LogP contribution in [0.5, 0.6) is 0 Å². The van der Waals surface area contributed by atoms with Gasteiger partial charge in [-0.15, -0.1) is 0 Å². The molecule has 2 aromatic carbocycles. The third-order valence-corrected chi connectivity index (χ3v) is 4.16. The van der Waals surface area contributed by atoms with E-state index in [-0.39, 0.29) is 11.7 Å². The summed E-state index contributed by atoms with van der Waals surface area (Å²) >= 11 is 2.17. The molecule has 110 valence electrons. The van der Waals surface area contributed by atoms with E-state index >= 15 is 0 Å². The summed E-state index contributed by atoms with van der Waals surface area (Å²) in [6.45, 7) is 2.52. The third-order valence-electron chi connectivity index (χ3n) is 3.27. The molecule has 0 saturated heterocycles. The van der Waals surface area contributed by atoms with Gasteiger partial charge in [-0.1, -0.05) is 24.3 Å². The Balaban J connectivity index is 1.85. The molecule has 0 radical (unpaired) electrons. The Labute approximate surface area is 137 Å². The average Bonchev–Trinajstić information content (AvgIpc) is 2.43. The fourth-order valence-corrected chi connectivity index (χ4v) is 3.07. The van der Waals surface area contributed by atoms with E-state index in [2.05, 4.69) is 27.9 Å². The summed E-state index contributed by atoms with van der Waals surface area (Å²) in [4.78, 5) is 12.2. The number of carbonyl (C=O) groups excluding carboxylic acids is 1. The van der Waals surface area contributed by atoms with Gasteiger partial charge in [0.15, 0.2) is 0 Å². The van der Waals surface area contributed by atoms with Gasteiger partial charge in [0, 0.05) is 10.1 Å². The predicted molar refractivity (Wildman–Crippen MR) is 91.0 cm³/mol. The number of benzene rings is 2. The third kappa shape index (κ3) is 4.52. The highest BCUT2D eigenvalue weighted by Crippen LogP contribution is 2.16. The van der Waals surface area contributed by atoms with Gasteiger partial charge in [0.05, 0.1) is 5.56 Å². The van der Waals surface area contributed by atoms with E-state index in [9.17, 15) is 9.18 Å². The van der Waals surface area contributed by atoms with Crippen LogP contribution in [0.25, 0.3) is 0 Å². The monoisotopic (exact) mass is 397 g/mol. The van der Waals surface area contributed by atoms with Gasteiger partial charge in [-0.25, -0.2) is 4.39 Å². The molecule has 2 rings (SSSR count). The van der Waals surface area contributed by atoms with Crippen molar-refractivity contribution in [1.82, 2.24) is 5.32 Å². The highest BCUT2D eigenvalue weighted by Gasteiger charge is 2.11. The molecule has 4 heteroatoms. The minimum atomic E-state index is -0.217. The number of nitrogens with one attached hydrogen (secondary N) is 1. The van der Waals surface area contributed by atoms with Crippen LogP contribution in [-0.4, -0.2) is 12.5 Å². The van der Waals surface area contributed by atoms with Crippen LogP contribution in [0.2, 0.25) is 0 Å². The van der Waals surface area contributed by atoms with Gasteiger partial charge in [-0.2, -0.15) is 0 Å². The summed E-state index contributed by atoms with van der Waals surface area (Å²) in [7, 11) is 0. The van der Waals surface area contributed by atoms with E-state index < -0.39 is 0 Å². The van der Waals surface area contributed by atoms with Gasteiger partial charge in [-0.3, -0.25) is 4.79 Å². The maximum Gasteiger partial charge on any atom is 0.252 e. The Morgan fingerprint density at radius 1 is 1.24 bits per heavy atom. The van der Waals surface area contributed by atoms with E-state index in [1.54, 1.807) is 6.07 Å². The van der Waals surface area contributed by atoms with Gasteiger partial charge in [0.25, 0.3) is 5.91 Å². The fraction of sp³-hybridized carbons (Fsp3) is 0.235. The Morgan fingerprint density at radius 2 is 2.00 bits per heavy atom. The van der Waals surface area contributed by atoms with Crippen LogP contribution in [-0.2, 0) is 6.42 Å². The first-order valence-corrected chi connectivity index (χ1v) is 7.93. The lowest BCUT2D eigenvalue weighted by Gasteiger charge is -2.09. The molecule has 1 N–H and O–H groups in total. The Kier molecular flexibility index (Phi) is 5.73. The van der Waals surface area contributed by atoms with Crippen LogP contribution in [0, 0.1) is 16.3 Å². The summed E-state index contributed by atoms with van der Waals surface area (Å²) in [5.74, 6) is -0.261. The predicted octanol–water partition coefficient (Wildman–Crippen LogP) is 4.10. The van der Waals surface area contributed by atoms with Gasteiger partial charge in [0.1, 0.15) is 5.82 Å². The normalized spacial score (nSPS) is 10.4. The van der Waals surface area contributed by atoms with Gasteiger partial charge in [0.2, 0.25) is 0 Å². The van der Waals surface area contributed by atoms with E-state index in [4.69, 9.17) is 0 Å². The summed E-state index contributed by atoms with van der Waals surface area (Å²) < 4.78 is 14.0. The molecule has 2 aromatic rings. The van der Waals surface area contributed by atoms with Crippen LogP contribution >= 0.6 is 22.6 Å². The number of rotatable bonds is 5. The van der Waals surface area contributed by atoms with Crippen molar-refractivity contribution in [3.05, 3.63) is 68.5 Å². The maximum absolute atomic E-state index is 13.0. The minimum Gasteiger partial charge on any atom is -0.352 e. The van der Waals surface area contributed by atoms with Crippen molar-refractivity contribution in [3.63, 3.8) is 0 Å². The maximum atomic E-state index is 13.0. The van der Waals surface area contributed by atoms with Crippen LogP contribution in [0.3, 0.4) is 0 Å². The summed E-state index contributed by atoms with van der Waals surface area (Å²) in [5, 5.41) is 2.93. The number of amides is 1. The molecular weight excluding hydrogens is 380 g/mol. The molecule has 0 aromatic heterocycles. The van der Waals surface area contributed by atoms with E-state index in [1.807, 2.05) is 31.2 Å². The second kappa shape index (κ2) is 7.54. The minimum absolute atomic E-state index is 0.0447. The molecule has 0 atom stereocenters. The van der Waals surface area contributed by atoms with Crippen LogP contribution in [0.1, 0.15) is 27.9 Å². The molecular formula is C17H17FINO. The van der Waals surface area contributed by atoms with Crippen molar-refractivity contribution >= 4 is 28.5 Å². The topological polar surface area (TPSA) is 29.1 Å². The Hall–Kier alpha value is -1.43. The zero-order valence-corrected chi connectivity index (χ0v) is 14.0. The highest BCUT2D eigenvalue weighted by molar-refractivity contribution is 14.1. The first-order chi connectivity index (χ1) is 10.1. The fourth-order valence-electron chi connectivity index (χ4n) is 2.19. The highest BCUT2D eigenvalue weighted by atomic mass is 127. The lowest BCUT2D eigenvalue weighted by atomic mass is 10.1. The summed E-state index contributed by atoms with van der Waals surface area (Å²) in [6, 6.07) is 12.4. The van der Waals surface area contributed by atoms with E-state index in [1.165, 1.54) is 12.1 Å². The lowest BCUT2D eigenvalue weighted by Crippen LogP contribution is -2.26. The van der Waals surface area contributed by atoms with E-state index in [0.29, 0.717) is 6.54 Å². The first-order valence-electron chi connectivity index (χ1n) is 6.85. The quantitative estimate of drug-likeness (QED) is 0.598. The number of hydrogen-bond acceptors (Lipinski definition) is 1. The van der Waals surface area contributed by atoms with Crippen LogP contribution in [0.15, 0.2) is 42.5 Å². The summed E-state index contributed by atoms with van der Waals surface area (Å²) in [6.07, 6.45) is 1.54. The van der Waals surface area contributed by atoms with Crippen molar-refractivity contribution in [1.29, 1.82) is 0 Å². The number of hydrogen-bond donors (Lipinski definition) is 1. The Bertz CT molecular complexity index is 622. The van der Waals surface area contributed by atoms with Crippen molar-refractivity contribution < 1.29 is 9.18 Å². The number of halogens is 2. The zero-order valence-electron chi connectivity index (χ0n) is 11.8. The second-order valence-corrected chi connectivity index (χ2v) is 6.08.